The Kier molecular flexibility index (Phi) is 3.76. The first-order chi connectivity index (χ1) is 8.74. The van der Waals surface area contributed by atoms with E-state index in [1.807, 2.05) is 12.1 Å². The fourth-order valence-corrected chi connectivity index (χ4v) is 1.34. The number of carbonyl (C=O) groups excluding carboxylic acids is 1. The number of aromatic nitrogens is 1. The molecule has 5 heteroatoms. The lowest BCUT2D eigenvalue weighted by atomic mass is 10.2. The Balaban J connectivity index is 1.85. The Hall–Kier alpha value is -2.56. The van der Waals surface area contributed by atoms with Gasteiger partial charge in [-0.1, -0.05) is 17.3 Å². The molecule has 92 valence electrons. The normalized spacial score (nSPS) is 10.7. The molecule has 0 fully saturated rings. The summed E-state index contributed by atoms with van der Waals surface area (Å²) in [6.45, 7) is 0.349. The van der Waals surface area contributed by atoms with Crippen molar-refractivity contribution >= 4 is 17.7 Å². The van der Waals surface area contributed by atoms with Gasteiger partial charge in [-0.2, -0.15) is 0 Å². The van der Waals surface area contributed by atoms with E-state index in [1.54, 1.807) is 24.3 Å². The highest BCUT2D eigenvalue weighted by Gasteiger charge is 1.98. The van der Waals surface area contributed by atoms with Gasteiger partial charge in [-0.05, 0) is 23.8 Å². The van der Waals surface area contributed by atoms with Crippen LogP contribution in [0.5, 0.6) is 0 Å². The molecule has 0 saturated heterocycles. The zero-order valence-electron chi connectivity index (χ0n) is 9.67. The van der Waals surface area contributed by atoms with Gasteiger partial charge in [0.25, 0.3) is 0 Å². The molecule has 5 nitrogen and oxygen atoms in total. The summed E-state index contributed by atoms with van der Waals surface area (Å²) in [6.07, 6.45) is 4.65. The Morgan fingerprint density at radius 3 is 2.78 bits per heavy atom. The van der Waals surface area contributed by atoms with Crippen LogP contribution in [0.1, 0.15) is 11.3 Å². The van der Waals surface area contributed by atoms with E-state index in [-0.39, 0.29) is 5.91 Å². The largest absolute Gasteiger partial charge is 0.399 e. The number of nitrogens with zero attached hydrogens (tertiary/aromatic N) is 1. The molecule has 1 aromatic carbocycles. The van der Waals surface area contributed by atoms with E-state index in [1.165, 1.54) is 12.3 Å². The molecule has 0 aliphatic heterocycles. The van der Waals surface area contributed by atoms with E-state index in [0.29, 0.717) is 17.9 Å². The smallest absolute Gasteiger partial charge is 0.244 e. The van der Waals surface area contributed by atoms with Crippen molar-refractivity contribution in [2.24, 2.45) is 0 Å². The standard InChI is InChI=1S/C13H13N3O2/c14-11-4-1-10(2-5-11)3-6-13(17)15-9-12-7-8-18-16-12/h1-8H,9,14H2,(H,15,17)/b6-3+. The molecule has 0 atom stereocenters. The Bertz CT molecular complexity index is 530. The number of anilines is 1. The number of benzene rings is 1. The van der Waals surface area contributed by atoms with Gasteiger partial charge in [-0.25, -0.2) is 0 Å². The van der Waals surface area contributed by atoms with Crippen LogP contribution in [0.25, 0.3) is 6.08 Å². The van der Waals surface area contributed by atoms with Crippen LogP contribution in [-0.4, -0.2) is 11.1 Å². The second kappa shape index (κ2) is 5.67. The lowest BCUT2D eigenvalue weighted by Gasteiger charge is -1.98. The molecule has 2 aromatic rings. The first kappa shape index (κ1) is 11.9. The van der Waals surface area contributed by atoms with Crippen LogP contribution in [0.3, 0.4) is 0 Å². The number of amides is 1. The van der Waals surface area contributed by atoms with Crippen molar-refractivity contribution in [3.63, 3.8) is 0 Å². The predicted octanol–water partition coefficient (Wildman–Crippen LogP) is 1.59. The number of hydrogen-bond acceptors (Lipinski definition) is 4. The molecule has 0 aliphatic carbocycles. The summed E-state index contributed by atoms with van der Waals surface area (Å²) in [6, 6.07) is 8.96. The average molecular weight is 243 g/mol. The van der Waals surface area contributed by atoms with Crippen molar-refractivity contribution in [1.82, 2.24) is 10.5 Å². The number of rotatable bonds is 4. The molecule has 18 heavy (non-hydrogen) atoms. The monoisotopic (exact) mass is 243 g/mol. The number of nitrogens with two attached hydrogens (primary N) is 1. The number of nitrogens with one attached hydrogen (secondary N) is 1. The van der Waals surface area contributed by atoms with Gasteiger partial charge in [0, 0.05) is 17.8 Å². The summed E-state index contributed by atoms with van der Waals surface area (Å²) in [5.74, 6) is -0.185. The fraction of sp³-hybridized carbons (Fsp3) is 0.0769. The van der Waals surface area contributed by atoms with Crippen LogP contribution in [0, 0.1) is 0 Å². The summed E-state index contributed by atoms with van der Waals surface area (Å²) in [4.78, 5) is 11.5. The second-order valence-electron chi connectivity index (χ2n) is 3.71. The topological polar surface area (TPSA) is 81.2 Å². The van der Waals surface area contributed by atoms with Crippen LogP contribution in [0.2, 0.25) is 0 Å². The van der Waals surface area contributed by atoms with Gasteiger partial charge >= 0.3 is 0 Å². The minimum atomic E-state index is -0.185. The maximum atomic E-state index is 11.5. The summed E-state index contributed by atoms with van der Waals surface area (Å²) in [5.41, 5.74) is 7.86. The van der Waals surface area contributed by atoms with Crippen molar-refractivity contribution in [2.75, 3.05) is 5.73 Å². The molecule has 0 bridgehead atoms. The van der Waals surface area contributed by atoms with E-state index >= 15 is 0 Å². The summed E-state index contributed by atoms with van der Waals surface area (Å²) < 4.78 is 4.66. The van der Waals surface area contributed by atoms with Crippen molar-refractivity contribution in [3.8, 4) is 0 Å². The fourth-order valence-electron chi connectivity index (χ4n) is 1.34. The van der Waals surface area contributed by atoms with E-state index in [0.717, 1.165) is 5.56 Å². The summed E-state index contributed by atoms with van der Waals surface area (Å²) in [7, 11) is 0. The maximum Gasteiger partial charge on any atom is 0.244 e. The van der Waals surface area contributed by atoms with Crippen LogP contribution in [0.15, 0.2) is 47.2 Å². The van der Waals surface area contributed by atoms with E-state index in [2.05, 4.69) is 15.0 Å². The predicted molar refractivity (Wildman–Crippen MR) is 68.2 cm³/mol. The third-order valence-corrected chi connectivity index (χ3v) is 2.30. The van der Waals surface area contributed by atoms with Gasteiger partial charge in [-0.15, -0.1) is 0 Å². The summed E-state index contributed by atoms with van der Waals surface area (Å²) >= 11 is 0. The highest BCUT2D eigenvalue weighted by atomic mass is 16.5. The third kappa shape index (κ3) is 3.48. The second-order valence-corrected chi connectivity index (χ2v) is 3.71. The Morgan fingerprint density at radius 2 is 2.11 bits per heavy atom. The maximum absolute atomic E-state index is 11.5. The number of hydrogen-bond donors (Lipinski definition) is 2. The first-order valence-electron chi connectivity index (χ1n) is 5.45. The van der Waals surface area contributed by atoms with Gasteiger partial charge in [0.15, 0.2) is 0 Å². The number of carbonyl (C=O) groups is 1. The van der Waals surface area contributed by atoms with Crippen molar-refractivity contribution < 1.29 is 9.32 Å². The molecule has 0 saturated carbocycles. The van der Waals surface area contributed by atoms with E-state index in [4.69, 9.17) is 5.73 Å². The first-order valence-corrected chi connectivity index (χ1v) is 5.45. The molecule has 0 spiro atoms. The van der Waals surface area contributed by atoms with E-state index in [9.17, 15) is 4.79 Å². The molecule has 3 N–H and O–H groups in total. The van der Waals surface area contributed by atoms with Crippen LogP contribution >= 0.6 is 0 Å². The highest BCUT2D eigenvalue weighted by molar-refractivity contribution is 5.91. The zero-order chi connectivity index (χ0) is 12.8. The number of nitrogen functional groups attached to an aromatic ring is 1. The third-order valence-electron chi connectivity index (χ3n) is 2.30. The van der Waals surface area contributed by atoms with Gasteiger partial charge in [-0.3, -0.25) is 4.79 Å². The van der Waals surface area contributed by atoms with Crippen molar-refractivity contribution in [3.05, 3.63) is 53.9 Å². The van der Waals surface area contributed by atoms with Crippen LogP contribution in [-0.2, 0) is 11.3 Å². The molecule has 0 aliphatic rings. The van der Waals surface area contributed by atoms with Gasteiger partial charge in [0.1, 0.15) is 12.0 Å². The average Bonchev–Trinajstić information content (AvgIpc) is 2.89. The molecular formula is C13H13N3O2. The molecule has 0 unspecified atom stereocenters. The molecular weight excluding hydrogens is 230 g/mol. The van der Waals surface area contributed by atoms with Gasteiger partial charge < -0.3 is 15.6 Å². The SMILES string of the molecule is Nc1ccc(/C=C/C(=O)NCc2ccon2)cc1. The zero-order valence-corrected chi connectivity index (χ0v) is 9.67. The van der Waals surface area contributed by atoms with Crippen LogP contribution in [0.4, 0.5) is 5.69 Å². The van der Waals surface area contributed by atoms with Crippen LogP contribution < -0.4 is 11.1 Å². The van der Waals surface area contributed by atoms with Crippen molar-refractivity contribution in [1.29, 1.82) is 0 Å². The molecule has 1 aromatic heterocycles. The molecule has 1 amide bonds. The van der Waals surface area contributed by atoms with Gasteiger partial charge in [0.2, 0.25) is 5.91 Å². The van der Waals surface area contributed by atoms with Crippen molar-refractivity contribution in [2.45, 2.75) is 6.54 Å². The van der Waals surface area contributed by atoms with E-state index < -0.39 is 0 Å². The quantitative estimate of drug-likeness (QED) is 0.631. The summed E-state index contributed by atoms with van der Waals surface area (Å²) in [5, 5.41) is 6.38. The minimum Gasteiger partial charge on any atom is -0.399 e. The molecule has 0 radical (unpaired) electrons. The Morgan fingerprint density at radius 1 is 1.33 bits per heavy atom. The molecule has 1 heterocycles. The van der Waals surface area contributed by atoms with Gasteiger partial charge in [0.05, 0.1) is 6.54 Å². The Labute approximate surface area is 104 Å². The minimum absolute atomic E-state index is 0.185. The highest BCUT2D eigenvalue weighted by Crippen LogP contribution is 2.06. The molecule has 2 rings (SSSR count). The lowest BCUT2D eigenvalue weighted by molar-refractivity contribution is -0.116. The lowest BCUT2D eigenvalue weighted by Crippen LogP contribution is -2.20.